The summed E-state index contributed by atoms with van der Waals surface area (Å²) in [4.78, 5) is 67.1. The molecule has 0 unspecified atom stereocenters. The molecule has 4 amide bonds. The first-order valence-corrected chi connectivity index (χ1v) is 11.4. The van der Waals surface area contributed by atoms with Crippen LogP contribution in [-0.2, 0) is 0 Å². The van der Waals surface area contributed by atoms with E-state index in [9.17, 15) is 34.2 Å². The van der Waals surface area contributed by atoms with E-state index in [-0.39, 0.29) is 56.3 Å². The van der Waals surface area contributed by atoms with Gasteiger partial charge in [-0.2, -0.15) is 0 Å². The number of ketones is 1. The maximum absolute atomic E-state index is 13.3. The van der Waals surface area contributed by atoms with Gasteiger partial charge in [-0.1, -0.05) is 24.3 Å². The van der Waals surface area contributed by atoms with Crippen LogP contribution >= 0.6 is 0 Å². The number of phenols is 2. The maximum Gasteiger partial charge on any atom is 0.266 e. The Labute approximate surface area is 214 Å². The zero-order chi connectivity index (χ0) is 26.7. The van der Waals surface area contributed by atoms with Gasteiger partial charge in [0.25, 0.3) is 23.6 Å². The molecule has 0 radical (unpaired) electrons. The van der Waals surface area contributed by atoms with Crippen LogP contribution in [0.15, 0.2) is 84.9 Å². The number of carbonyl (C=O) groups excluding carboxylic acids is 5. The zero-order valence-electron chi connectivity index (χ0n) is 19.4. The van der Waals surface area contributed by atoms with Gasteiger partial charge >= 0.3 is 0 Å². The van der Waals surface area contributed by atoms with E-state index in [4.69, 9.17) is 0 Å². The van der Waals surface area contributed by atoms with Crippen LogP contribution in [0.3, 0.4) is 0 Å². The van der Waals surface area contributed by atoms with Crippen LogP contribution in [0.5, 0.6) is 11.5 Å². The predicted molar refractivity (Wildman–Crippen MR) is 135 cm³/mol. The van der Waals surface area contributed by atoms with Crippen LogP contribution in [0.4, 0.5) is 11.4 Å². The lowest BCUT2D eigenvalue weighted by molar-refractivity contribution is 0.0910. The Morgan fingerprint density at radius 2 is 0.895 bits per heavy atom. The van der Waals surface area contributed by atoms with Crippen molar-refractivity contribution in [3.8, 4) is 11.5 Å². The van der Waals surface area contributed by atoms with Crippen LogP contribution in [0.1, 0.15) is 57.4 Å². The fourth-order valence-corrected chi connectivity index (χ4v) is 4.66. The van der Waals surface area contributed by atoms with Gasteiger partial charge in [0.05, 0.1) is 33.6 Å². The van der Waals surface area contributed by atoms with Crippen molar-refractivity contribution in [3.05, 3.63) is 118 Å². The summed E-state index contributed by atoms with van der Waals surface area (Å²) >= 11 is 0. The lowest BCUT2D eigenvalue weighted by Gasteiger charge is -2.13. The highest BCUT2D eigenvalue weighted by atomic mass is 16.3. The highest BCUT2D eigenvalue weighted by Crippen LogP contribution is 2.33. The third kappa shape index (κ3) is 3.37. The first-order valence-electron chi connectivity index (χ1n) is 11.4. The first kappa shape index (κ1) is 22.9. The summed E-state index contributed by atoms with van der Waals surface area (Å²) in [5.41, 5.74) is 0.925. The number of phenolic OH excluding ortho intramolecular Hbond substituents is 2. The number of hydrogen-bond donors (Lipinski definition) is 2. The van der Waals surface area contributed by atoms with Crippen LogP contribution in [0, 0.1) is 0 Å². The molecular formula is C29H16N2O7. The van der Waals surface area contributed by atoms with E-state index in [2.05, 4.69) is 0 Å². The molecule has 2 N–H and O–H groups in total. The number of rotatable bonds is 4. The molecule has 0 aromatic heterocycles. The van der Waals surface area contributed by atoms with Crippen LogP contribution < -0.4 is 9.80 Å². The van der Waals surface area contributed by atoms with Crippen molar-refractivity contribution in [3.63, 3.8) is 0 Å². The second kappa shape index (κ2) is 8.24. The second-order valence-electron chi connectivity index (χ2n) is 8.78. The molecule has 2 aliphatic heterocycles. The minimum Gasteiger partial charge on any atom is -0.508 e. The lowest BCUT2D eigenvalue weighted by atomic mass is 9.96. The van der Waals surface area contributed by atoms with Crippen LogP contribution in [-0.4, -0.2) is 39.6 Å². The molecule has 4 aromatic carbocycles. The van der Waals surface area contributed by atoms with Crippen molar-refractivity contribution in [2.75, 3.05) is 9.80 Å². The van der Waals surface area contributed by atoms with E-state index in [0.29, 0.717) is 0 Å². The largest absolute Gasteiger partial charge is 0.508 e. The Kier molecular flexibility index (Phi) is 4.96. The molecule has 2 heterocycles. The third-order valence-electron chi connectivity index (χ3n) is 6.47. The monoisotopic (exact) mass is 504 g/mol. The Balaban J connectivity index is 1.32. The zero-order valence-corrected chi connectivity index (χ0v) is 19.4. The molecular weight excluding hydrogens is 488 g/mol. The quantitative estimate of drug-likeness (QED) is 0.318. The summed E-state index contributed by atoms with van der Waals surface area (Å²) in [6.07, 6.45) is 0. The number of aromatic hydroxyl groups is 2. The van der Waals surface area contributed by atoms with Gasteiger partial charge in [0.1, 0.15) is 11.5 Å². The molecule has 0 fully saturated rings. The molecule has 9 nitrogen and oxygen atoms in total. The van der Waals surface area contributed by atoms with E-state index >= 15 is 0 Å². The van der Waals surface area contributed by atoms with E-state index in [0.717, 1.165) is 9.80 Å². The van der Waals surface area contributed by atoms with E-state index in [1.807, 2.05) is 0 Å². The number of nitrogens with zero attached hydrogens (tertiary/aromatic N) is 2. The molecule has 0 aliphatic carbocycles. The number of amides is 4. The standard InChI is InChI=1S/C29H16N2O7/c32-19-5-1-3-17(13-19)30-26(35)21-9-7-15(11-23(21)28(30)37)25(34)16-8-10-22-24(12-16)29(38)31(27(22)36)18-4-2-6-20(33)14-18/h1-14,32-33H. The number of anilines is 2. The summed E-state index contributed by atoms with van der Waals surface area (Å²) in [6.45, 7) is 0. The summed E-state index contributed by atoms with van der Waals surface area (Å²) in [6, 6.07) is 19.7. The highest BCUT2D eigenvalue weighted by Gasteiger charge is 2.39. The second-order valence-corrected chi connectivity index (χ2v) is 8.78. The molecule has 0 spiro atoms. The fourth-order valence-electron chi connectivity index (χ4n) is 4.66. The Bertz CT molecular complexity index is 1630. The molecule has 6 rings (SSSR count). The topological polar surface area (TPSA) is 132 Å². The van der Waals surface area contributed by atoms with Crippen molar-refractivity contribution in [2.24, 2.45) is 0 Å². The van der Waals surface area contributed by atoms with Crippen molar-refractivity contribution in [1.82, 2.24) is 0 Å². The van der Waals surface area contributed by atoms with Crippen molar-refractivity contribution < 1.29 is 34.2 Å². The fraction of sp³-hybridized carbons (Fsp3) is 0. The van der Waals surface area contributed by atoms with E-state index in [1.165, 1.54) is 84.9 Å². The van der Waals surface area contributed by atoms with Gasteiger partial charge in [-0.3, -0.25) is 24.0 Å². The molecule has 0 atom stereocenters. The Morgan fingerprint density at radius 3 is 1.29 bits per heavy atom. The third-order valence-corrected chi connectivity index (χ3v) is 6.47. The van der Waals surface area contributed by atoms with Crippen molar-refractivity contribution in [2.45, 2.75) is 0 Å². The maximum atomic E-state index is 13.3. The van der Waals surface area contributed by atoms with Crippen LogP contribution in [0.25, 0.3) is 0 Å². The van der Waals surface area contributed by atoms with Gasteiger partial charge in [-0.25, -0.2) is 9.80 Å². The summed E-state index contributed by atoms with van der Waals surface area (Å²) in [5.74, 6) is -3.16. The Hall–Kier alpha value is -5.57. The molecule has 0 bridgehead atoms. The predicted octanol–water partition coefficient (Wildman–Crippen LogP) is 3.93. The smallest absolute Gasteiger partial charge is 0.266 e. The van der Waals surface area contributed by atoms with Crippen molar-refractivity contribution >= 4 is 40.8 Å². The molecule has 0 saturated carbocycles. The van der Waals surface area contributed by atoms with Gasteiger partial charge in [0.15, 0.2) is 5.78 Å². The summed E-state index contributed by atoms with van der Waals surface area (Å²) in [5, 5.41) is 19.5. The first-order chi connectivity index (χ1) is 18.2. The van der Waals surface area contributed by atoms with E-state index < -0.39 is 29.4 Å². The number of imide groups is 2. The average Bonchev–Trinajstić information content (AvgIpc) is 3.31. The van der Waals surface area contributed by atoms with Gasteiger partial charge < -0.3 is 10.2 Å². The SMILES string of the molecule is O=C(c1ccc2c(c1)C(=O)N(c1cccc(O)c1)C2=O)c1ccc2c(c1)C(=O)N(c1cccc(O)c1)C2=O. The number of fused-ring (bicyclic) bond motifs is 2. The van der Waals surface area contributed by atoms with Crippen LogP contribution in [0.2, 0.25) is 0 Å². The number of carbonyl (C=O) groups is 5. The number of benzene rings is 4. The van der Waals surface area contributed by atoms with Gasteiger partial charge in [-0.05, 0) is 48.5 Å². The van der Waals surface area contributed by atoms with Gasteiger partial charge in [0.2, 0.25) is 0 Å². The van der Waals surface area contributed by atoms with E-state index in [1.54, 1.807) is 0 Å². The average molecular weight is 504 g/mol. The summed E-state index contributed by atoms with van der Waals surface area (Å²) in [7, 11) is 0. The molecule has 184 valence electrons. The Morgan fingerprint density at radius 1 is 0.500 bits per heavy atom. The number of hydrogen-bond acceptors (Lipinski definition) is 7. The molecule has 9 heteroatoms. The summed E-state index contributed by atoms with van der Waals surface area (Å²) < 4.78 is 0. The molecule has 0 saturated heterocycles. The highest BCUT2D eigenvalue weighted by molar-refractivity contribution is 6.36. The van der Waals surface area contributed by atoms with Gasteiger partial charge in [-0.15, -0.1) is 0 Å². The van der Waals surface area contributed by atoms with Crippen molar-refractivity contribution in [1.29, 1.82) is 0 Å². The lowest BCUT2D eigenvalue weighted by Crippen LogP contribution is -2.29. The van der Waals surface area contributed by atoms with Gasteiger partial charge in [0, 0.05) is 23.3 Å². The molecule has 38 heavy (non-hydrogen) atoms. The normalized spacial score (nSPS) is 14.2. The molecule has 2 aliphatic rings. The molecule has 4 aromatic rings. The minimum atomic E-state index is -0.637. The minimum absolute atomic E-state index is 0.0340.